The van der Waals surface area contributed by atoms with Gasteiger partial charge in [0.05, 0.1) is 24.6 Å². The molecule has 4 aromatic rings. The lowest BCUT2D eigenvalue weighted by Gasteiger charge is -2.34. The first kappa shape index (κ1) is 20.3. The van der Waals surface area contributed by atoms with E-state index in [0.29, 0.717) is 18.3 Å². The van der Waals surface area contributed by atoms with Crippen LogP contribution in [0.15, 0.2) is 47.2 Å². The van der Waals surface area contributed by atoms with Crippen molar-refractivity contribution in [2.24, 2.45) is 0 Å². The number of hydrogen-bond acceptors (Lipinski definition) is 8. The van der Waals surface area contributed by atoms with Crippen LogP contribution in [0, 0.1) is 20.8 Å². The highest BCUT2D eigenvalue weighted by atomic mass is 16.5. The number of anilines is 1. The molecule has 0 saturated carbocycles. The Morgan fingerprint density at radius 2 is 1.66 bits per heavy atom. The van der Waals surface area contributed by atoms with Gasteiger partial charge in [-0.1, -0.05) is 35.0 Å². The second-order valence-corrected chi connectivity index (χ2v) is 8.22. The van der Waals surface area contributed by atoms with Gasteiger partial charge in [-0.2, -0.15) is 10.1 Å². The van der Waals surface area contributed by atoms with E-state index in [0.717, 1.165) is 54.8 Å². The molecule has 164 valence electrons. The van der Waals surface area contributed by atoms with Crippen molar-refractivity contribution < 1.29 is 4.52 Å². The minimum absolute atomic E-state index is 0.634. The summed E-state index contributed by atoms with van der Waals surface area (Å²) in [4.78, 5) is 18.3. The molecule has 1 saturated heterocycles. The zero-order chi connectivity index (χ0) is 22.1. The molecule has 1 fully saturated rings. The number of hydrogen-bond donors (Lipinski definition) is 0. The van der Waals surface area contributed by atoms with Gasteiger partial charge in [0.1, 0.15) is 5.82 Å². The highest BCUT2D eigenvalue weighted by Gasteiger charge is 2.21. The summed E-state index contributed by atoms with van der Waals surface area (Å²) in [5.41, 5.74) is 4.19. The molecule has 1 aliphatic heterocycles. The fraction of sp³-hybridized carbons (Fsp3) is 0.348. The van der Waals surface area contributed by atoms with Crippen LogP contribution in [0.2, 0.25) is 0 Å². The van der Waals surface area contributed by atoms with Gasteiger partial charge in [-0.05, 0) is 26.8 Å². The van der Waals surface area contributed by atoms with E-state index in [9.17, 15) is 0 Å². The Labute approximate surface area is 186 Å². The Bertz CT molecular complexity index is 1200. The summed E-state index contributed by atoms with van der Waals surface area (Å²) >= 11 is 0. The van der Waals surface area contributed by atoms with Crippen molar-refractivity contribution in [1.82, 2.24) is 34.8 Å². The quantitative estimate of drug-likeness (QED) is 0.477. The van der Waals surface area contributed by atoms with Crippen molar-refractivity contribution in [3.8, 4) is 17.2 Å². The average molecular weight is 431 g/mol. The normalized spacial score (nSPS) is 14.8. The zero-order valence-corrected chi connectivity index (χ0v) is 18.6. The van der Waals surface area contributed by atoms with Crippen LogP contribution in [0.4, 0.5) is 5.82 Å². The van der Waals surface area contributed by atoms with Gasteiger partial charge in [0, 0.05) is 37.4 Å². The number of rotatable bonds is 5. The van der Waals surface area contributed by atoms with Crippen LogP contribution in [-0.4, -0.2) is 61.0 Å². The summed E-state index contributed by atoms with van der Waals surface area (Å²) in [6.45, 7) is 10.2. The molecule has 0 aliphatic carbocycles. The molecule has 0 bridgehead atoms. The molecular weight excluding hydrogens is 404 g/mol. The van der Waals surface area contributed by atoms with Crippen molar-refractivity contribution in [2.45, 2.75) is 27.3 Å². The molecular formula is C23H26N8O. The number of aromatic nitrogens is 6. The molecule has 9 heteroatoms. The Morgan fingerprint density at radius 3 is 2.38 bits per heavy atom. The molecule has 0 atom stereocenters. The molecule has 0 unspecified atom stereocenters. The fourth-order valence-electron chi connectivity index (χ4n) is 3.93. The number of benzene rings is 1. The van der Waals surface area contributed by atoms with Crippen LogP contribution in [0.5, 0.6) is 0 Å². The van der Waals surface area contributed by atoms with Crippen molar-refractivity contribution in [3.63, 3.8) is 0 Å². The third-order valence-corrected chi connectivity index (χ3v) is 5.67. The van der Waals surface area contributed by atoms with Gasteiger partial charge in [-0.3, -0.25) is 9.88 Å². The highest BCUT2D eigenvalue weighted by Crippen LogP contribution is 2.19. The van der Waals surface area contributed by atoms with Crippen LogP contribution in [0.1, 0.15) is 22.8 Å². The summed E-state index contributed by atoms with van der Waals surface area (Å²) < 4.78 is 7.33. The van der Waals surface area contributed by atoms with Gasteiger partial charge in [-0.15, -0.1) is 0 Å². The van der Waals surface area contributed by atoms with E-state index >= 15 is 0 Å². The molecule has 0 amide bonds. The molecule has 32 heavy (non-hydrogen) atoms. The van der Waals surface area contributed by atoms with Gasteiger partial charge in [0.15, 0.2) is 5.82 Å². The molecule has 9 nitrogen and oxygen atoms in total. The first-order chi connectivity index (χ1) is 15.5. The average Bonchev–Trinajstić information content (AvgIpc) is 3.40. The SMILES string of the molecule is Cc1ccc(-c2noc(CN3CCN(c4cncc(-n5nc(C)cc5C)n4)CC3)n2)cc1. The van der Waals surface area contributed by atoms with E-state index in [-0.39, 0.29) is 0 Å². The number of piperazine rings is 1. The van der Waals surface area contributed by atoms with E-state index < -0.39 is 0 Å². The Morgan fingerprint density at radius 1 is 0.906 bits per heavy atom. The zero-order valence-electron chi connectivity index (χ0n) is 18.6. The van der Waals surface area contributed by atoms with E-state index in [1.54, 1.807) is 6.20 Å². The van der Waals surface area contributed by atoms with E-state index in [2.05, 4.69) is 49.1 Å². The second kappa shape index (κ2) is 8.51. The van der Waals surface area contributed by atoms with Gasteiger partial charge < -0.3 is 9.42 Å². The van der Waals surface area contributed by atoms with Crippen LogP contribution >= 0.6 is 0 Å². The maximum absolute atomic E-state index is 5.49. The van der Waals surface area contributed by atoms with Crippen LogP contribution in [0.3, 0.4) is 0 Å². The van der Waals surface area contributed by atoms with Crippen molar-refractivity contribution in [1.29, 1.82) is 0 Å². The minimum Gasteiger partial charge on any atom is -0.353 e. The molecule has 3 aromatic heterocycles. The Balaban J connectivity index is 1.21. The Hall–Kier alpha value is -3.59. The summed E-state index contributed by atoms with van der Waals surface area (Å²) in [5.74, 6) is 2.88. The Kier molecular flexibility index (Phi) is 5.40. The fourth-order valence-corrected chi connectivity index (χ4v) is 3.93. The van der Waals surface area contributed by atoms with E-state index in [1.165, 1.54) is 5.56 Å². The minimum atomic E-state index is 0.634. The third kappa shape index (κ3) is 4.24. The lowest BCUT2D eigenvalue weighted by atomic mass is 10.1. The van der Waals surface area contributed by atoms with Gasteiger partial charge >= 0.3 is 0 Å². The first-order valence-corrected chi connectivity index (χ1v) is 10.8. The van der Waals surface area contributed by atoms with Crippen LogP contribution < -0.4 is 4.90 Å². The lowest BCUT2D eigenvalue weighted by Crippen LogP contribution is -2.46. The first-order valence-electron chi connectivity index (χ1n) is 10.8. The monoisotopic (exact) mass is 430 g/mol. The van der Waals surface area contributed by atoms with Gasteiger partial charge in [0.25, 0.3) is 0 Å². The topological polar surface area (TPSA) is 89.0 Å². The molecule has 1 aliphatic rings. The van der Waals surface area contributed by atoms with Crippen molar-refractivity contribution >= 4 is 5.82 Å². The molecule has 0 radical (unpaired) electrons. The van der Waals surface area contributed by atoms with Crippen molar-refractivity contribution in [3.05, 3.63) is 65.6 Å². The molecule has 0 N–H and O–H groups in total. The molecule has 1 aromatic carbocycles. The molecule has 4 heterocycles. The predicted octanol–water partition coefficient (Wildman–Crippen LogP) is 2.96. The number of nitrogens with zero attached hydrogens (tertiary/aromatic N) is 8. The third-order valence-electron chi connectivity index (χ3n) is 5.67. The van der Waals surface area contributed by atoms with Crippen molar-refractivity contribution in [2.75, 3.05) is 31.1 Å². The standard InChI is InChI=1S/C23H26N8O/c1-16-4-6-19(7-5-16)23-26-22(32-28-23)15-29-8-10-30(11-9-29)20-13-24-14-21(25-20)31-18(3)12-17(2)27-31/h4-7,12-14H,8-11,15H2,1-3H3. The van der Waals surface area contributed by atoms with E-state index in [1.807, 2.05) is 42.9 Å². The van der Waals surface area contributed by atoms with E-state index in [4.69, 9.17) is 9.51 Å². The maximum Gasteiger partial charge on any atom is 0.241 e. The maximum atomic E-state index is 5.49. The highest BCUT2D eigenvalue weighted by molar-refractivity contribution is 5.54. The summed E-state index contributed by atoms with van der Waals surface area (Å²) in [7, 11) is 0. The lowest BCUT2D eigenvalue weighted by molar-refractivity contribution is 0.215. The summed E-state index contributed by atoms with van der Waals surface area (Å²) in [6.07, 6.45) is 3.57. The van der Waals surface area contributed by atoms with Gasteiger partial charge in [-0.25, -0.2) is 9.67 Å². The predicted molar refractivity (Wildman–Crippen MR) is 121 cm³/mol. The summed E-state index contributed by atoms with van der Waals surface area (Å²) in [6, 6.07) is 10.2. The van der Waals surface area contributed by atoms with Crippen LogP contribution in [-0.2, 0) is 6.54 Å². The number of aryl methyl sites for hydroxylation is 3. The molecule has 0 spiro atoms. The summed E-state index contributed by atoms with van der Waals surface area (Å²) in [5, 5.41) is 8.66. The molecule has 5 rings (SSSR count). The van der Waals surface area contributed by atoms with Gasteiger partial charge in [0.2, 0.25) is 11.7 Å². The smallest absolute Gasteiger partial charge is 0.241 e. The second-order valence-electron chi connectivity index (χ2n) is 8.22. The largest absolute Gasteiger partial charge is 0.353 e. The van der Waals surface area contributed by atoms with Crippen LogP contribution in [0.25, 0.3) is 17.2 Å².